The maximum Gasteiger partial charge on any atom is 0.161 e. The van der Waals surface area contributed by atoms with Crippen LogP contribution in [0.1, 0.15) is 31.0 Å². The minimum atomic E-state index is 0.369. The first kappa shape index (κ1) is 14.5. The third-order valence-electron chi connectivity index (χ3n) is 3.71. The average Bonchev–Trinajstić information content (AvgIpc) is 2.43. The van der Waals surface area contributed by atoms with Crippen LogP contribution in [0.2, 0.25) is 0 Å². The minimum absolute atomic E-state index is 0.369. The zero-order valence-electron chi connectivity index (χ0n) is 12.3. The number of nitrogens with one attached hydrogen (secondary N) is 1. The molecule has 0 saturated heterocycles. The third kappa shape index (κ3) is 2.70. The second kappa shape index (κ2) is 6.06. The largest absolute Gasteiger partial charge is 0.493 e. The van der Waals surface area contributed by atoms with Crippen LogP contribution < -0.4 is 14.8 Å². The van der Waals surface area contributed by atoms with Gasteiger partial charge in [0, 0.05) is 17.0 Å². The van der Waals surface area contributed by atoms with Crippen LogP contribution in [0, 0.1) is 5.92 Å². The van der Waals surface area contributed by atoms with E-state index in [-0.39, 0.29) is 0 Å². The quantitative estimate of drug-likeness (QED) is 0.918. The van der Waals surface area contributed by atoms with Gasteiger partial charge in [-0.3, -0.25) is 0 Å². The molecule has 3 nitrogen and oxygen atoms in total. The SMILES string of the molecule is CNC1c2cc(OC)c(OC)cc2CSC1C(C)C. The van der Waals surface area contributed by atoms with E-state index in [4.69, 9.17) is 9.47 Å². The zero-order chi connectivity index (χ0) is 14.0. The Labute approximate surface area is 120 Å². The van der Waals surface area contributed by atoms with Gasteiger partial charge in [0.2, 0.25) is 0 Å². The van der Waals surface area contributed by atoms with Gasteiger partial charge in [0.15, 0.2) is 11.5 Å². The minimum Gasteiger partial charge on any atom is -0.493 e. The molecule has 0 bridgehead atoms. The molecule has 1 aromatic rings. The summed E-state index contributed by atoms with van der Waals surface area (Å²) in [6.07, 6.45) is 0. The third-order valence-corrected chi connectivity index (χ3v) is 5.39. The molecule has 1 aromatic carbocycles. The molecule has 1 N–H and O–H groups in total. The molecule has 106 valence electrons. The first-order chi connectivity index (χ1) is 9.12. The second-order valence-corrected chi connectivity index (χ2v) is 6.36. The first-order valence-electron chi connectivity index (χ1n) is 6.66. The monoisotopic (exact) mass is 281 g/mol. The van der Waals surface area contributed by atoms with Gasteiger partial charge in [0.1, 0.15) is 0 Å². The van der Waals surface area contributed by atoms with E-state index in [1.165, 1.54) is 11.1 Å². The predicted octanol–water partition coefficient (Wildman–Crippen LogP) is 3.24. The highest BCUT2D eigenvalue weighted by Crippen LogP contribution is 2.44. The molecule has 1 heterocycles. The van der Waals surface area contributed by atoms with E-state index in [1.54, 1.807) is 14.2 Å². The molecule has 0 saturated carbocycles. The highest BCUT2D eigenvalue weighted by molar-refractivity contribution is 7.99. The molecule has 0 amide bonds. The number of hydrogen-bond donors (Lipinski definition) is 1. The van der Waals surface area contributed by atoms with E-state index in [2.05, 4.69) is 31.3 Å². The summed E-state index contributed by atoms with van der Waals surface area (Å²) in [5.74, 6) is 3.32. The summed E-state index contributed by atoms with van der Waals surface area (Å²) in [6, 6.07) is 4.61. The maximum absolute atomic E-state index is 5.43. The lowest BCUT2D eigenvalue weighted by molar-refractivity contribution is 0.352. The topological polar surface area (TPSA) is 30.5 Å². The molecule has 0 spiro atoms. The molecule has 2 rings (SSSR count). The fraction of sp³-hybridized carbons (Fsp3) is 0.600. The van der Waals surface area contributed by atoms with Crippen molar-refractivity contribution in [1.82, 2.24) is 5.32 Å². The lowest BCUT2D eigenvalue weighted by Gasteiger charge is -2.36. The van der Waals surface area contributed by atoms with Crippen LogP contribution in [-0.2, 0) is 5.75 Å². The molecule has 0 aromatic heterocycles. The molecule has 19 heavy (non-hydrogen) atoms. The number of fused-ring (bicyclic) bond motifs is 1. The van der Waals surface area contributed by atoms with E-state index >= 15 is 0 Å². The molecule has 2 atom stereocenters. The van der Waals surface area contributed by atoms with Gasteiger partial charge >= 0.3 is 0 Å². The van der Waals surface area contributed by atoms with Crippen LogP contribution in [0.25, 0.3) is 0 Å². The van der Waals surface area contributed by atoms with Crippen molar-refractivity contribution >= 4 is 11.8 Å². The average molecular weight is 281 g/mol. The van der Waals surface area contributed by atoms with Gasteiger partial charge in [0.05, 0.1) is 14.2 Å². The number of rotatable bonds is 4. The van der Waals surface area contributed by atoms with Gasteiger partial charge in [-0.25, -0.2) is 0 Å². The van der Waals surface area contributed by atoms with Gasteiger partial charge in [-0.15, -0.1) is 0 Å². The Bertz CT molecular complexity index is 448. The zero-order valence-corrected chi connectivity index (χ0v) is 13.1. The van der Waals surface area contributed by atoms with E-state index in [9.17, 15) is 0 Å². The summed E-state index contributed by atoms with van der Waals surface area (Å²) in [4.78, 5) is 0. The molecule has 1 aliphatic heterocycles. The smallest absolute Gasteiger partial charge is 0.161 e. The predicted molar refractivity (Wildman–Crippen MR) is 81.3 cm³/mol. The molecule has 0 aliphatic carbocycles. The molecule has 2 unspecified atom stereocenters. The van der Waals surface area contributed by atoms with Crippen LogP contribution in [-0.4, -0.2) is 26.5 Å². The van der Waals surface area contributed by atoms with Crippen LogP contribution in [0.15, 0.2) is 12.1 Å². The summed E-state index contributed by atoms with van der Waals surface area (Å²) >= 11 is 2.02. The van der Waals surface area contributed by atoms with E-state index < -0.39 is 0 Å². The lowest BCUT2D eigenvalue weighted by Crippen LogP contribution is -2.34. The number of benzene rings is 1. The Morgan fingerprint density at radius 3 is 2.37 bits per heavy atom. The Morgan fingerprint density at radius 2 is 1.84 bits per heavy atom. The van der Waals surface area contributed by atoms with Gasteiger partial charge in [-0.05, 0) is 36.2 Å². The molecule has 0 radical (unpaired) electrons. The summed E-state index contributed by atoms with van der Waals surface area (Å²) < 4.78 is 10.8. The van der Waals surface area contributed by atoms with Crippen LogP contribution >= 0.6 is 11.8 Å². The van der Waals surface area contributed by atoms with Crippen molar-refractivity contribution < 1.29 is 9.47 Å². The van der Waals surface area contributed by atoms with Crippen molar-refractivity contribution in [2.24, 2.45) is 5.92 Å². The Hall–Kier alpha value is -0.870. The number of thioether (sulfide) groups is 1. The molecule has 4 heteroatoms. The number of hydrogen-bond acceptors (Lipinski definition) is 4. The van der Waals surface area contributed by atoms with Crippen LogP contribution in [0.3, 0.4) is 0 Å². The molecule has 1 aliphatic rings. The standard InChI is InChI=1S/C15H23NO2S/c1-9(2)15-14(16-3)11-7-13(18-5)12(17-4)6-10(11)8-19-15/h6-7,9,14-16H,8H2,1-5H3. The van der Waals surface area contributed by atoms with E-state index in [0.29, 0.717) is 17.2 Å². The molecular weight excluding hydrogens is 258 g/mol. The van der Waals surface area contributed by atoms with E-state index in [0.717, 1.165) is 17.3 Å². The highest BCUT2D eigenvalue weighted by atomic mass is 32.2. The Kier molecular flexibility index (Phi) is 4.63. The first-order valence-corrected chi connectivity index (χ1v) is 7.70. The number of methoxy groups -OCH3 is 2. The fourth-order valence-electron chi connectivity index (χ4n) is 2.71. The fourth-order valence-corrected chi connectivity index (χ4v) is 4.19. The summed E-state index contributed by atoms with van der Waals surface area (Å²) in [6.45, 7) is 4.57. The summed E-state index contributed by atoms with van der Waals surface area (Å²) in [7, 11) is 5.41. The number of ether oxygens (including phenoxy) is 2. The molecule has 0 fully saturated rings. The van der Waals surface area contributed by atoms with Crippen LogP contribution in [0.5, 0.6) is 11.5 Å². The second-order valence-electron chi connectivity index (χ2n) is 5.19. The van der Waals surface area contributed by atoms with Crippen molar-refractivity contribution in [1.29, 1.82) is 0 Å². The summed E-state index contributed by atoms with van der Waals surface area (Å²) in [5, 5.41) is 4.06. The van der Waals surface area contributed by atoms with Crippen molar-refractivity contribution in [3.05, 3.63) is 23.3 Å². The lowest BCUT2D eigenvalue weighted by atomic mass is 9.92. The van der Waals surface area contributed by atoms with Crippen LogP contribution in [0.4, 0.5) is 0 Å². The molecular formula is C15H23NO2S. The van der Waals surface area contributed by atoms with Gasteiger partial charge in [0.25, 0.3) is 0 Å². The summed E-state index contributed by atoms with van der Waals surface area (Å²) in [5.41, 5.74) is 2.69. The van der Waals surface area contributed by atoms with Gasteiger partial charge in [-0.1, -0.05) is 13.8 Å². The Morgan fingerprint density at radius 1 is 1.21 bits per heavy atom. The van der Waals surface area contributed by atoms with Gasteiger partial charge in [-0.2, -0.15) is 11.8 Å². The van der Waals surface area contributed by atoms with Crippen molar-refractivity contribution in [3.63, 3.8) is 0 Å². The van der Waals surface area contributed by atoms with Gasteiger partial charge < -0.3 is 14.8 Å². The van der Waals surface area contributed by atoms with Crippen molar-refractivity contribution in [2.75, 3.05) is 21.3 Å². The van der Waals surface area contributed by atoms with E-state index in [1.807, 2.05) is 18.8 Å². The van der Waals surface area contributed by atoms with Crippen molar-refractivity contribution in [3.8, 4) is 11.5 Å². The maximum atomic E-state index is 5.43. The highest BCUT2D eigenvalue weighted by Gasteiger charge is 2.32. The van der Waals surface area contributed by atoms with Crippen molar-refractivity contribution in [2.45, 2.75) is 30.9 Å². The normalized spacial score (nSPS) is 22.2. The Balaban J connectivity index is 2.45.